The van der Waals surface area contributed by atoms with Crippen molar-refractivity contribution in [3.05, 3.63) is 58.6 Å². The second-order valence-corrected chi connectivity index (χ2v) is 5.41. The molecule has 0 unspecified atom stereocenters. The smallest absolute Gasteiger partial charge is 0.187 e. The summed E-state index contributed by atoms with van der Waals surface area (Å²) >= 11 is 11.0. The fraction of sp³-hybridized carbons (Fsp3) is 0.125. The summed E-state index contributed by atoms with van der Waals surface area (Å²) in [5, 5.41) is 17.3. The second kappa shape index (κ2) is 8.36. The lowest BCUT2D eigenvalue weighted by molar-refractivity contribution is 0.373. The highest BCUT2D eigenvalue weighted by Gasteiger charge is 2.07. The minimum absolute atomic E-state index is 0.0978. The lowest BCUT2D eigenvalue weighted by Gasteiger charge is -2.07. The standard InChI is InChI=1S/C16H16ClN3O2S/c1-22-14-8-12(7-13(17)15(14)21)10-19-20-16(23)18-9-11-5-3-2-4-6-11/h2-8,10,21H,9H2,1H3,(H2,18,20,23)/b19-10-. The SMILES string of the molecule is COc1cc(/C=N\NC(=S)NCc2ccccc2)cc(Cl)c1O. The van der Waals surface area contributed by atoms with Crippen LogP contribution in [0.4, 0.5) is 0 Å². The van der Waals surface area contributed by atoms with Crippen molar-refractivity contribution in [2.75, 3.05) is 7.11 Å². The molecular formula is C16H16ClN3O2S. The summed E-state index contributed by atoms with van der Waals surface area (Å²) in [6.45, 7) is 0.612. The molecule has 0 radical (unpaired) electrons. The van der Waals surface area contributed by atoms with Crippen LogP contribution < -0.4 is 15.5 Å². The summed E-state index contributed by atoms with van der Waals surface area (Å²) in [7, 11) is 1.45. The maximum atomic E-state index is 9.67. The van der Waals surface area contributed by atoms with E-state index in [2.05, 4.69) is 15.8 Å². The van der Waals surface area contributed by atoms with Gasteiger partial charge in [0.25, 0.3) is 0 Å². The van der Waals surface area contributed by atoms with Crippen LogP contribution in [0.3, 0.4) is 0 Å². The topological polar surface area (TPSA) is 65.9 Å². The molecule has 0 saturated carbocycles. The van der Waals surface area contributed by atoms with E-state index in [1.54, 1.807) is 12.1 Å². The van der Waals surface area contributed by atoms with Gasteiger partial charge in [-0.1, -0.05) is 41.9 Å². The number of rotatable bonds is 5. The van der Waals surface area contributed by atoms with E-state index in [0.717, 1.165) is 5.56 Å². The molecule has 0 atom stereocenters. The molecule has 0 heterocycles. The Hall–Kier alpha value is -2.31. The zero-order valence-electron chi connectivity index (χ0n) is 12.4. The summed E-state index contributed by atoms with van der Waals surface area (Å²) in [4.78, 5) is 0. The minimum atomic E-state index is -0.0978. The maximum Gasteiger partial charge on any atom is 0.187 e. The predicted octanol–water partition coefficient (Wildman–Crippen LogP) is 3.05. The minimum Gasteiger partial charge on any atom is -0.503 e. The van der Waals surface area contributed by atoms with E-state index in [1.165, 1.54) is 13.3 Å². The highest BCUT2D eigenvalue weighted by atomic mass is 35.5. The Bertz CT molecular complexity index is 708. The van der Waals surface area contributed by atoms with Crippen LogP contribution >= 0.6 is 23.8 Å². The Morgan fingerprint density at radius 3 is 2.78 bits per heavy atom. The summed E-state index contributed by atoms with van der Waals surface area (Å²) in [5.41, 5.74) is 4.51. The first-order valence-corrected chi connectivity index (χ1v) is 7.56. The van der Waals surface area contributed by atoms with Crippen molar-refractivity contribution < 1.29 is 9.84 Å². The normalized spacial score (nSPS) is 10.5. The zero-order chi connectivity index (χ0) is 16.7. The van der Waals surface area contributed by atoms with E-state index < -0.39 is 0 Å². The van der Waals surface area contributed by atoms with Gasteiger partial charge in [-0.2, -0.15) is 5.10 Å². The summed E-state index contributed by atoms with van der Waals surface area (Å²) in [6, 6.07) is 13.1. The van der Waals surface area contributed by atoms with Crippen LogP contribution in [0.1, 0.15) is 11.1 Å². The third-order valence-corrected chi connectivity index (χ3v) is 3.47. The van der Waals surface area contributed by atoms with Gasteiger partial charge in [0.15, 0.2) is 16.6 Å². The van der Waals surface area contributed by atoms with Gasteiger partial charge in [-0.25, -0.2) is 0 Å². The monoisotopic (exact) mass is 349 g/mol. The van der Waals surface area contributed by atoms with Gasteiger partial charge < -0.3 is 15.2 Å². The van der Waals surface area contributed by atoms with E-state index in [-0.39, 0.29) is 16.5 Å². The molecule has 2 rings (SSSR count). The lowest BCUT2D eigenvalue weighted by atomic mass is 10.2. The number of benzene rings is 2. The van der Waals surface area contributed by atoms with Crippen LogP contribution in [0, 0.1) is 0 Å². The van der Waals surface area contributed by atoms with Crippen molar-refractivity contribution in [3.63, 3.8) is 0 Å². The average Bonchev–Trinajstić information content (AvgIpc) is 2.57. The summed E-state index contributed by atoms with van der Waals surface area (Å²) in [5.74, 6) is 0.183. The number of phenolic OH excluding ortho intramolecular Hbond substituents is 1. The Balaban J connectivity index is 1.89. The molecule has 2 aromatic rings. The number of aromatic hydroxyl groups is 1. The molecule has 0 saturated heterocycles. The van der Waals surface area contributed by atoms with E-state index in [4.69, 9.17) is 28.6 Å². The number of ether oxygens (including phenoxy) is 1. The van der Waals surface area contributed by atoms with Crippen LogP contribution in [0.15, 0.2) is 47.6 Å². The molecule has 0 aliphatic carbocycles. The molecular weight excluding hydrogens is 334 g/mol. The Morgan fingerprint density at radius 2 is 2.09 bits per heavy atom. The van der Waals surface area contributed by atoms with Gasteiger partial charge in [0.05, 0.1) is 18.3 Å². The highest BCUT2D eigenvalue weighted by molar-refractivity contribution is 7.80. The van der Waals surface area contributed by atoms with Crippen LogP contribution in [-0.2, 0) is 6.54 Å². The van der Waals surface area contributed by atoms with Gasteiger partial charge in [0.2, 0.25) is 0 Å². The molecule has 0 amide bonds. The van der Waals surface area contributed by atoms with Crippen molar-refractivity contribution in [1.82, 2.24) is 10.7 Å². The second-order valence-electron chi connectivity index (χ2n) is 4.59. The molecule has 0 bridgehead atoms. The first-order chi connectivity index (χ1) is 11.1. The van der Waals surface area contributed by atoms with Gasteiger partial charge >= 0.3 is 0 Å². The number of methoxy groups -OCH3 is 1. The molecule has 0 spiro atoms. The first kappa shape index (κ1) is 17.1. The zero-order valence-corrected chi connectivity index (χ0v) is 14.0. The molecule has 7 heteroatoms. The van der Waals surface area contributed by atoms with Crippen molar-refractivity contribution in [3.8, 4) is 11.5 Å². The van der Waals surface area contributed by atoms with Gasteiger partial charge in [-0.05, 0) is 35.5 Å². The number of hydrogen-bond acceptors (Lipinski definition) is 4. The fourth-order valence-electron chi connectivity index (χ4n) is 1.81. The van der Waals surface area contributed by atoms with E-state index in [1.807, 2.05) is 30.3 Å². The van der Waals surface area contributed by atoms with Crippen LogP contribution in [0.2, 0.25) is 5.02 Å². The molecule has 23 heavy (non-hydrogen) atoms. The molecule has 0 aliphatic heterocycles. The van der Waals surface area contributed by atoms with Crippen LogP contribution in [0.25, 0.3) is 0 Å². The fourth-order valence-corrected chi connectivity index (χ4v) is 2.15. The number of phenols is 1. The van der Waals surface area contributed by atoms with Crippen molar-refractivity contribution in [2.45, 2.75) is 6.54 Å². The van der Waals surface area contributed by atoms with Gasteiger partial charge in [-0.15, -0.1) is 0 Å². The maximum absolute atomic E-state index is 9.67. The third kappa shape index (κ3) is 5.12. The molecule has 5 nitrogen and oxygen atoms in total. The quantitative estimate of drug-likeness (QED) is 0.440. The first-order valence-electron chi connectivity index (χ1n) is 6.77. The predicted molar refractivity (Wildman–Crippen MR) is 96.3 cm³/mol. The molecule has 2 aromatic carbocycles. The Labute approximate surface area is 144 Å². The van der Waals surface area contributed by atoms with Gasteiger partial charge in [-0.3, -0.25) is 5.43 Å². The number of halogens is 1. The van der Waals surface area contributed by atoms with E-state index in [0.29, 0.717) is 17.2 Å². The molecule has 120 valence electrons. The van der Waals surface area contributed by atoms with Crippen LogP contribution in [-0.4, -0.2) is 23.5 Å². The summed E-state index contributed by atoms with van der Waals surface area (Å²) in [6.07, 6.45) is 1.53. The van der Waals surface area contributed by atoms with Crippen molar-refractivity contribution in [2.24, 2.45) is 5.10 Å². The lowest BCUT2D eigenvalue weighted by Crippen LogP contribution is -2.31. The average molecular weight is 350 g/mol. The van der Waals surface area contributed by atoms with Crippen molar-refractivity contribution in [1.29, 1.82) is 0 Å². The number of nitrogens with zero attached hydrogens (tertiary/aromatic N) is 1. The highest BCUT2D eigenvalue weighted by Crippen LogP contribution is 2.34. The molecule has 0 aliphatic rings. The summed E-state index contributed by atoms with van der Waals surface area (Å²) < 4.78 is 5.03. The van der Waals surface area contributed by atoms with E-state index in [9.17, 15) is 5.11 Å². The Kier molecular flexibility index (Phi) is 6.19. The van der Waals surface area contributed by atoms with Crippen LogP contribution in [0.5, 0.6) is 11.5 Å². The number of hydrogen-bond donors (Lipinski definition) is 3. The number of nitrogens with one attached hydrogen (secondary N) is 2. The largest absolute Gasteiger partial charge is 0.503 e. The van der Waals surface area contributed by atoms with Gasteiger partial charge in [0.1, 0.15) is 0 Å². The van der Waals surface area contributed by atoms with E-state index >= 15 is 0 Å². The van der Waals surface area contributed by atoms with Gasteiger partial charge in [0, 0.05) is 6.54 Å². The number of thiocarbonyl (C=S) groups is 1. The molecule has 0 aromatic heterocycles. The molecule has 3 N–H and O–H groups in total. The molecule has 0 fully saturated rings. The third-order valence-electron chi connectivity index (χ3n) is 2.95. The number of hydrazone groups is 1. The Morgan fingerprint density at radius 1 is 1.35 bits per heavy atom. The van der Waals surface area contributed by atoms with Crippen molar-refractivity contribution >= 4 is 35.1 Å².